The average Bonchev–Trinajstić information content (AvgIpc) is 3.17. The van der Waals surface area contributed by atoms with Crippen LogP contribution < -0.4 is 15.5 Å². The number of anilines is 3. The monoisotopic (exact) mass is 431 g/mol. The summed E-state index contributed by atoms with van der Waals surface area (Å²) in [6.45, 7) is 2.15. The molecule has 0 spiro atoms. The predicted molar refractivity (Wildman–Crippen MR) is 121 cm³/mol. The van der Waals surface area contributed by atoms with Crippen LogP contribution in [0.3, 0.4) is 0 Å². The van der Waals surface area contributed by atoms with Gasteiger partial charge < -0.3 is 15.5 Å². The van der Waals surface area contributed by atoms with Crippen molar-refractivity contribution in [1.29, 1.82) is 0 Å². The van der Waals surface area contributed by atoms with Gasteiger partial charge in [0.1, 0.15) is 5.82 Å². The quantitative estimate of drug-likeness (QED) is 0.629. The number of nitrogens with zero attached hydrogens (tertiary/aromatic N) is 1. The first-order valence-corrected chi connectivity index (χ1v) is 10.2. The van der Waals surface area contributed by atoms with Crippen molar-refractivity contribution in [1.82, 2.24) is 0 Å². The Morgan fingerprint density at radius 2 is 1.69 bits per heavy atom. The van der Waals surface area contributed by atoms with Crippen molar-refractivity contribution < 1.29 is 18.8 Å². The van der Waals surface area contributed by atoms with Crippen LogP contribution >= 0.6 is 0 Å². The third kappa shape index (κ3) is 4.83. The van der Waals surface area contributed by atoms with Crippen molar-refractivity contribution in [2.75, 3.05) is 22.1 Å². The van der Waals surface area contributed by atoms with Gasteiger partial charge in [-0.1, -0.05) is 29.8 Å². The Morgan fingerprint density at radius 3 is 2.44 bits per heavy atom. The SMILES string of the molecule is Cc1ccc(NC(=O)c2cccc(N3C[C@H](C(=O)Nc4cccc(F)c4)CC3=O)c2)cc1. The summed E-state index contributed by atoms with van der Waals surface area (Å²) in [4.78, 5) is 39.3. The Balaban J connectivity index is 1.44. The van der Waals surface area contributed by atoms with Gasteiger partial charge in [0.05, 0.1) is 5.92 Å². The predicted octanol–water partition coefficient (Wildman–Crippen LogP) is 4.38. The summed E-state index contributed by atoms with van der Waals surface area (Å²) >= 11 is 0. The Bertz CT molecular complexity index is 1180. The number of rotatable bonds is 5. The number of hydrogen-bond acceptors (Lipinski definition) is 3. The molecule has 162 valence electrons. The minimum atomic E-state index is -0.573. The van der Waals surface area contributed by atoms with Gasteiger partial charge in [0.25, 0.3) is 5.91 Å². The fraction of sp³-hybridized carbons (Fsp3) is 0.160. The zero-order valence-corrected chi connectivity index (χ0v) is 17.5. The number of nitrogens with one attached hydrogen (secondary N) is 2. The smallest absolute Gasteiger partial charge is 0.255 e. The molecule has 6 nitrogen and oxygen atoms in total. The van der Waals surface area contributed by atoms with Crippen LogP contribution in [0.1, 0.15) is 22.3 Å². The van der Waals surface area contributed by atoms with Crippen LogP contribution in [-0.4, -0.2) is 24.3 Å². The molecule has 3 aromatic rings. The number of hydrogen-bond donors (Lipinski definition) is 2. The van der Waals surface area contributed by atoms with Crippen molar-refractivity contribution >= 4 is 34.8 Å². The maximum Gasteiger partial charge on any atom is 0.255 e. The largest absolute Gasteiger partial charge is 0.326 e. The minimum Gasteiger partial charge on any atom is -0.326 e. The molecule has 1 fully saturated rings. The second-order valence-corrected chi connectivity index (χ2v) is 7.78. The Hall–Kier alpha value is -4.00. The van der Waals surface area contributed by atoms with E-state index in [4.69, 9.17) is 0 Å². The summed E-state index contributed by atoms with van der Waals surface area (Å²) in [5.41, 5.74) is 3.07. The van der Waals surface area contributed by atoms with Gasteiger partial charge in [-0.3, -0.25) is 14.4 Å². The highest BCUT2D eigenvalue weighted by atomic mass is 19.1. The first kappa shape index (κ1) is 21.2. The highest BCUT2D eigenvalue weighted by Crippen LogP contribution is 2.27. The van der Waals surface area contributed by atoms with Crippen molar-refractivity contribution in [2.24, 2.45) is 5.92 Å². The fourth-order valence-corrected chi connectivity index (χ4v) is 3.60. The van der Waals surface area contributed by atoms with Crippen LogP contribution in [0.2, 0.25) is 0 Å². The van der Waals surface area contributed by atoms with Gasteiger partial charge in [0.2, 0.25) is 11.8 Å². The molecule has 0 bridgehead atoms. The lowest BCUT2D eigenvalue weighted by Gasteiger charge is -2.18. The minimum absolute atomic E-state index is 0.0426. The number of aryl methyl sites for hydroxylation is 1. The molecule has 0 aliphatic carbocycles. The normalized spacial score (nSPS) is 15.5. The van der Waals surface area contributed by atoms with E-state index in [0.717, 1.165) is 5.56 Å². The molecule has 3 aromatic carbocycles. The number of benzene rings is 3. The van der Waals surface area contributed by atoms with Crippen LogP contribution in [0.5, 0.6) is 0 Å². The maximum atomic E-state index is 13.4. The first-order valence-electron chi connectivity index (χ1n) is 10.2. The lowest BCUT2D eigenvalue weighted by Crippen LogP contribution is -2.28. The van der Waals surface area contributed by atoms with Gasteiger partial charge in [-0.25, -0.2) is 4.39 Å². The Labute approximate surface area is 185 Å². The molecule has 1 heterocycles. The second-order valence-electron chi connectivity index (χ2n) is 7.78. The summed E-state index contributed by atoms with van der Waals surface area (Å²) in [6, 6.07) is 19.8. The van der Waals surface area contributed by atoms with Crippen LogP contribution in [0.25, 0.3) is 0 Å². The first-order chi connectivity index (χ1) is 15.4. The molecule has 1 atom stereocenters. The van der Waals surface area contributed by atoms with Crippen molar-refractivity contribution in [2.45, 2.75) is 13.3 Å². The van der Waals surface area contributed by atoms with Crippen molar-refractivity contribution in [3.8, 4) is 0 Å². The van der Waals surface area contributed by atoms with E-state index < -0.39 is 11.7 Å². The third-order valence-electron chi connectivity index (χ3n) is 5.32. The molecule has 0 aromatic heterocycles. The summed E-state index contributed by atoms with van der Waals surface area (Å²) in [5, 5.41) is 5.49. The van der Waals surface area contributed by atoms with Gasteiger partial charge in [0.15, 0.2) is 0 Å². The number of carbonyl (C=O) groups excluding carboxylic acids is 3. The lowest BCUT2D eigenvalue weighted by molar-refractivity contribution is -0.122. The van der Waals surface area contributed by atoms with Crippen LogP contribution in [0.15, 0.2) is 72.8 Å². The van der Waals surface area contributed by atoms with E-state index in [9.17, 15) is 18.8 Å². The average molecular weight is 431 g/mol. The van der Waals surface area contributed by atoms with E-state index >= 15 is 0 Å². The highest BCUT2D eigenvalue weighted by molar-refractivity contribution is 6.07. The van der Waals surface area contributed by atoms with Crippen LogP contribution in [0, 0.1) is 18.7 Å². The molecular weight excluding hydrogens is 409 g/mol. The fourth-order valence-electron chi connectivity index (χ4n) is 3.60. The number of halogens is 1. The van der Waals surface area contributed by atoms with Gasteiger partial charge >= 0.3 is 0 Å². The van der Waals surface area contributed by atoms with E-state index in [1.807, 2.05) is 31.2 Å². The van der Waals surface area contributed by atoms with E-state index in [1.54, 1.807) is 30.3 Å². The van der Waals surface area contributed by atoms with E-state index in [-0.39, 0.29) is 30.7 Å². The second kappa shape index (κ2) is 9.01. The lowest BCUT2D eigenvalue weighted by atomic mass is 10.1. The summed E-state index contributed by atoms with van der Waals surface area (Å²) < 4.78 is 13.4. The molecule has 2 N–H and O–H groups in total. The molecule has 1 saturated heterocycles. The summed E-state index contributed by atoms with van der Waals surface area (Å²) in [6.07, 6.45) is 0.0426. The van der Waals surface area contributed by atoms with Crippen molar-refractivity contribution in [3.63, 3.8) is 0 Å². The highest BCUT2D eigenvalue weighted by Gasteiger charge is 2.35. The van der Waals surface area contributed by atoms with E-state index in [2.05, 4.69) is 10.6 Å². The molecule has 7 heteroatoms. The third-order valence-corrected chi connectivity index (χ3v) is 5.32. The molecule has 0 unspecified atom stereocenters. The Kier molecular flexibility index (Phi) is 5.98. The maximum absolute atomic E-state index is 13.4. The molecule has 1 aliphatic heterocycles. The molecule has 0 radical (unpaired) electrons. The van der Waals surface area contributed by atoms with Gasteiger partial charge in [-0.2, -0.15) is 0 Å². The molecule has 1 aliphatic rings. The van der Waals surface area contributed by atoms with Crippen molar-refractivity contribution in [3.05, 3.63) is 89.7 Å². The number of carbonyl (C=O) groups is 3. The van der Waals surface area contributed by atoms with E-state index in [1.165, 1.54) is 23.1 Å². The zero-order chi connectivity index (χ0) is 22.7. The van der Waals surface area contributed by atoms with Crippen LogP contribution in [-0.2, 0) is 9.59 Å². The summed E-state index contributed by atoms with van der Waals surface area (Å²) in [5.74, 6) is -1.87. The molecular formula is C25H22FN3O3. The van der Waals surface area contributed by atoms with Gasteiger partial charge in [0, 0.05) is 35.6 Å². The zero-order valence-electron chi connectivity index (χ0n) is 17.5. The summed E-state index contributed by atoms with van der Waals surface area (Å²) in [7, 11) is 0. The van der Waals surface area contributed by atoms with E-state index in [0.29, 0.717) is 22.6 Å². The molecule has 0 saturated carbocycles. The molecule has 3 amide bonds. The van der Waals surface area contributed by atoms with Gasteiger partial charge in [-0.05, 0) is 55.5 Å². The topological polar surface area (TPSA) is 78.5 Å². The molecule has 32 heavy (non-hydrogen) atoms. The Morgan fingerprint density at radius 1 is 0.938 bits per heavy atom. The number of amides is 3. The van der Waals surface area contributed by atoms with Crippen LogP contribution in [0.4, 0.5) is 21.5 Å². The molecule has 4 rings (SSSR count). The standard InChI is InChI=1S/C25H22FN3O3/c1-16-8-10-20(11-9-16)27-24(31)17-4-2-7-22(12-17)29-15-18(13-23(29)30)25(32)28-21-6-3-5-19(26)14-21/h2-12,14,18H,13,15H2,1H3,(H,27,31)(H,28,32)/t18-/m1/s1. The van der Waals surface area contributed by atoms with Gasteiger partial charge in [-0.15, -0.1) is 0 Å².